The highest BCUT2D eigenvalue weighted by molar-refractivity contribution is 5.74. The van der Waals surface area contributed by atoms with Crippen LogP contribution in [0.1, 0.15) is 66.5 Å². The summed E-state index contributed by atoms with van der Waals surface area (Å²) in [5.74, 6) is -0.149. The minimum Gasteiger partial charge on any atom is -0.469 e. The first kappa shape index (κ1) is 19.7. The Hall–Kier alpha value is -1.35. The summed E-state index contributed by atoms with van der Waals surface area (Å²) in [4.78, 5) is 11.9. The summed E-state index contributed by atoms with van der Waals surface area (Å²) in [5, 5.41) is 0. The zero-order valence-corrected chi connectivity index (χ0v) is 15.6. The SMILES string of the molecule is CCc1c(C)c(CC)c(CCCCCN)c(CC(=O)OC)c1C. The van der Waals surface area contributed by atoms with Gasteiger partial charge in [0.05, 0.1) is 13.5 Å². The maximum atomic E-state index is 11.9. The van der Waals surface area contributed by atoms with Crippen molar-refractivity contribution in [2.45, 2.75) is 72.6 Å². The monoisotopic (exact) mass is 319 g/mol. The van der Waals surface area contributed by atoms with Crippen LogP contribution in [0.2, 0.25) is 0 Å². The molecular weight excluding hydrogens is 286 g/mol. The van der Waals surface area contributed by atoms with Crippen molar-refractivity contribution < 1.29 is 9.53 Å². The van der Waals surface area contributed by atoms with E-state index in [0.717, 1.165) is 45.1 Å². The van der Waals surface area contributed by atoms with Gasteiger partial charge in [-0.1, -0.05) is 20.3 Å². The van der Waals surface area contributed by atoms with E-state index in [4.69, 9.17) is 10.5 Å². The van der Waals surface area contributed by atoms with E-state index >= 15 is 0 Å². The molecule has 0 fully saturated rings. The summed E-state index contributed by atoms with van der Waals surface area (Å²) in [6, 6.07) is 0. The molecule has 0 saturated heterocycles. The molecule has 130 valence electrons. The molecule has 0 atom stereocenters. The molecule has 1 aromatic rings. The van der Waals surface area contributed by atoms with Gasteiger partial charge in [0.2, 0.25) is 0 Å². The number of carbonyl (C=O) groups excluding carboxylic acids is 1. The third kappa shape index (κ3) is 4.81. The fourth-order valence-corrected chi connectivity index (χ4v) is 3.67. The Bertz CT molecular complexity index is 535. The largest absolute Gasteiger partial charge is 0.469 e. The molecule has 0 aliphatic heterocycles. The molecule has 0 radical (unpaired) electrons. The van der Waals surface area contributed by atoms with Crippen LogP contribution in [0.4, 0.5) is 0 Å². The summed E-state index contributed by atoms with van der Waals surface area (Å²) in [6.07, 6.45) is 6.77. The van der Waals surface area contributed by atoms with Crippen LogP contribution < -0.4 is 5.73 Å². The number of hydrogen-bond donors (Lipinski definition) is 1. The molecule has 0 aromatic heterocycles. The third-order valence-corrected chi connectivity index (χ3v) is 4.93. The molecule has 0 bridgehead atoms. The number of benzene rings is 1. The van der Waals surface area contributed by atoms with Crippen LogP contribution in [0.25, 0.3) is 0 Å². The van der Waals surface area contributed by atoms with Crippen LogP contribution >= 0.6 is 0 Å². The van der Waals surface area contributed by atoms with E-state index < -0.39 is 0 Å². The molecule has 0 amide bonds. The van der Waals surface area contributed by atoms with E-state index in [2.05, 4.69) is 27.7 Å². The fraction of sp³-hybridized carbons (Fsp3) is 0.650. The number of hydrogen-bond acceptors (Lipinski definition) is 3. The third-order valence-electron chi connectivity index (χ3n) is 4.93. The van der Waals surface area contributed by atoms with Crippen LogP contribution in [0.3, 0.4) is 0 Å². The highest BCUT2D eigenvalue weighted by atomic mass is 16.5. The Morgan fingerprint density at radius 3 is 2.04 bits per heavy atom. The van der Waals surface area contributed by atoms with Crippen molar-refractivity contribution in [3.63, 3.8) is 0 Å². The maximum Gasteiger partial charge on any atom is 0.309 e. The summed E-state index contributed by atoms with van der Waals surface area (Å²) in [6.45, 7) is 9.55. The summed E-state index contributed by atoms with van der Waals surface area (Å²) in [7, 11) is 1.47. The van der Waals surface area contributed by atoms with Crippen LogP contribution in [0.5, 0.6) is 0 Å². The predicted octanol–water partition coefficient (Wildman–Crippen LogP) is 3.82. The zero-order chi connectivity index (χ0) is 17.4. The summed E-state index contributed by atoms with van der Waals surface area (Å²) >= 11 is 0. The first-order chi connectivity index (χ1) is 11.0. The Morgan fingerprint density at radius 2 is 1.52 bits per heavy atom. The molecule has 3 nitrogen and oxygen atoms in total. The average Bonchev–Trinajstić information content (AvgIpc) is 2.55. The molecule has 3 heteroatoms. The maximum absolute atomic E-state index is 11.9. The van der Waals surface area contributed by atoms with Crippen molar-refractivity contribution in [1.82, 2.24) is 0 Å². The lowest BCUT2D eigenvalue weighted by Crippen LogP contribution is -2.14. The zero-order valence-electron chi connectivity index (χ0n) is 15.6. The average molecular weight is 319 g/mol. The molecule has 0 unspecified atom stereocenters. The van der Waals surface area contributed by atoms with Gasteiger partial charge in [-0.25, -0.2) is 0 Å². The van der Waals surface area contributed by atoms with Crippen molar-refractivity contribution in [3.05, 3.63) is 33.4 Å². The number of carbonyl (C=O) groups is 1. The molecule has 2 N–H and O–H groups in total. The smallest absolute Gasteiger partial charge is 0.309 e. The van der Waals surface area contributed by atoms with Crippen molar-refractivity contribution in [3.8, 4) is 0 Å². The molecule has 0 aliphatic rings. The normalized spacial score (nSPS) is 10.9. The van der Waals surface area contributed by atoms with Gasteiger partial charge in [0.1, 0.15) is 0 Å². The van der Waals surface area contributed by atoms with Gasteiger partial charge in [0.15, 0.2) is 0 Å². The number of esters is 1. The second-order valence-corrected chi connectivity index (χ2v) is 6.22. The van der Waals surface area contributed by atoms with Crippen molar-refractivity contribution in [2.75, 3.05) is 13.7 Å². The lowest BCUT2D eigenvalue weighted by Gasteiger charge is -2.23. The molecule has 0 aliphatic carbocycles. The highest BCUT2D eigenvalue weighted by Crippen LogP contribution is 2.30. The lowest BCUT2D eigenvalue weighted by molar-refractivity contribution is -0.139. The van der Waals surface area contributed by atoms with Crippen molar-refractivity contribution in [1.29, 1.82) is 0 Å². The van der Waals surface area contributed by atoms with Gasteiger partial charge in [-0.2, -0.15) is 0 Å². The molecule has 0 heterocycles. The second kappa shape index (κ2) is 9.71. The summed E-state index contributed by atoms with van der Waals surface area (Å²) < 4.78 is 4.93. The van der Waals surface area contributed by atoms with Gasteiger partial charge >= 0.3 is 5.97 Å². The minimum atomic E-state index is -0.149. The van der Waals surface area contributed by atoms with Crippen molar-refractivity contribution in [2.24, 2.45) is 5.73 Å². The van der Waals surface area contributed by atoms with E-state index in [-0.39, 0.29) is 5.97 Å². The molecule has 0 saturated carbocycles. The van der Waals surface area contributed by atoms with Crippen LogP contribution in [-0.4, -0.2) is 19.6 Å². The van der Waals surface area contributed by atoms with Crippen LogP contribution in [-0.2, 0) is 35.2 Å². The van der Waals surface area contributed by atoms with Gasteiger partial charge in [-0.05, 0) is 85.9 Å². The number of ether oxygens (including phenoxy) is 1. The number of methoxy groups -OCH3 is 1. The van der Waals surface area contributed by atoms with Gasteiger partial charge in [-0.3, -0.25) is 4.79 Å². The Labute approximate surface area is 141 Å². The Kier molecular flexibility index (Phi) is 8.32. The standard InChI is InChI=1S/C20H33NO2/c1-6-16-14(3)17(7-2)18(11-9-8-10-12-21)19(15(16)4)13-20(22)23-5/h6-13,21H2,1-5H3. The van der Waals surface area contributed by atoms with Gasteiger partial charge in [0.25, 0.3) is 0 Å². The summed E-state index contributed by atoms with van der Waals surface area (Å²) in [5.41, 5.74) is 13.7. The molecule has 1 aromatic carbocycles. The molecule has 23 heavy (non-hydrogen) atoms. The van der Waals surface area contributed by atoms with E-state index in [9.17, 15) is 4.79 Å². The lowest BCUT2D eigenvalue weighted by atomic mass is 9.82. The Balaban J connectivity index is 3.32. The van der Waals surface area contributed by atoms with E-state index in [1.807, 2.05) is 0 Å². The fourth-order valence-electron chi connectivity index (χ4n) is 3.67. The van der Waals surface area contributed by atoms with Crippen LogP contribution in [0.15, 0.2) is 0 Å². The van der Waals surface area contributed by atoms with E-state index in [0.29, 0.717) is 6.42 Å². The quantitative estimate of drug-likeness (QED) is 0.556. The first-order valence-corrected chi connectivity index (χ1v) is 8.91. The topological polar surface area (TPSA) is 52.3 Å². The molecule has 0 spiro atoms. The van der Waals surface area contributed by atoms with Crippen molar-refractivity contribution >= 4 is 5.97 Å². The Morgan fingerprint density at radius 1 is 0.913 bits per heavy atom. The van der Waals surface area contributed by atoms with E-state index in [1.54, 1.807) is 0 Å². The first-order valence-electron chi connectivity index (χ1n) is 8.91. The number of unbranched alkanes of at least 4 members (excludes halogenated alkanes) is 2. The van der Waals surface area contributed by atoms with Gasteiger partial charge in [0, 0.05) is 0 Å². The highest BCUT2D eigenvalue weighted by Gasteiger charge is 2.19. The van der Waals surface area contributed by atoms with E-state index in [1.165, 1.54) is 40.5 Å². The number of rotatable bonds is 9. The molecule has 1 rings (SSSR count). The van der Waals surface area contributed by atoms with Gasteiger partial charge < -0.3 is 10.5 Å². The van der Waals surface area contributed by atoms with Crippen LogP contribution in [0, 0.1) is 13.8 Å². The number of nitrogens with two attached hydrogens (primary N) is 1. The second-order valence-electron chi connectivity index (χ2n) is 6.22. The molecular formula is C20H33NO2. The van der Waals surface area contributed by atoms with Gasteiger partial charge in [-0.15, -0.1) is 0 Å². The minimum absolute atomic E-state index is 0.149. The predicted molar refractivity (Wildman–Crippen MR) is 97.0 cm³/mol.